The fourth-order valence-corrected chi connectivity index (χ4v) is 3.16. The average Bonchev–Trinajstić information content (AvgIpc) is 3.24. The lowest BCUT2D eigenvalue weighted by atomic mass is 9.88. The van der Waals surface area contributed by atoms with Gasteiger partial charge in [0.05, 0.1) is 0 Å². The van der Waals surface area contributed by atoms with Crippen LogP contribution in [-0.2, 0) is 6.54 Å². The molecule has 0 spiro atoms. The highest BCUT2D eigenvalue weighted by Crippen LogP contribution is 2.30. The van der Waals surface area contributed by atoms with Gasteiger partial charge in [-0.05, 0) is 48.8 Å². The molecule has 1 N–H and O–H groups in total. The third kappa shape index (κ3) is 3.29. The van der Waals surface area contributed by atoms with Crippen LogP contribution in [0.4, 0.5) is 5.69 Å². The number of benzene rings is 1. The fraction of sp³-hybridized carbons (Fsp3) is 0.647. The lowest BCUT2D eigenvalue weighted by Gasteiger charge is -2.37. The Kier molecular flexibility index (Phi) is 4.23. The van der Waals surface area contributed by atoms with Crippen molar-refractivity contribution in [2.75, 3.05) is 18.0 Å². The van der Waals surface area contributed by atoms with Crippen LogP contribution in [0.2, 0.25) is 5.02 Å². The quantitative estimate of drug-likeness (QED) is 0.900. The lowest BCUT2D eigenvalue weighted by Crippen LogP contribution is -2.38. The molecule has 1 saturated heterocycles. The Labute approximate surface area is 127 Å². The summed E-state index contributed by atoms with van der Waals surface area (Å²) in [5.41, 5.74) is 2.50. The van der Waals surface area contributed by atoms with E-state index in [0.29, 0.717) is 0 Å². The molecule has 0 radical (unpaired) electrons. The zero-order chi connectivity index (χ0) is 14.1. The van der Waals surface area contributed by atoms with Gasteiger partial charge in [-0.2, -0.15) is 0 Å². The van der Waals surface area contributed by atoms with Crippen LogP contribution < -0.4 is 10.2 Å². The van der Waals surface area contributed by atoms with Gasteiger partial charge in [0.2, 0.25) is 0 Å². The molecule has 2 unspecified atom stereocenters. The first-order chi connectivity index (χ1) is 9.63. The molecule has 1 saturated carbocycles. The second-order valence-corrected chi connectivity index (χ2v) is 7.03. The van der Waals surface area contributed by atoms with Gasteiger partial charge in [0.15, 0.2) is 0 Å². The molecule has 2 nitrogen and oxygen atoms in total. The van der Waals surface area contributed by atoms with Crippen LogP contribution in [0.15, 0.2) is 18.2 Å². The minimum Gasteiger partial charge on any atom is -0.371 e. The van der Waals surface area contributed by atoms with Crippen LogP contribution in [0.3, 0.4) is 0 Å². The Hall–Kier alpha value is -0.730. The molecule has 2 atom stereocenters. The van der Waals surface area contributed by atoms with Crippen LogP contribution in [0.25, 0.3) is 0 Å². The smallest absolute Gasteiger partial charge is 0.0471 e. The molecule has 1 aromatic rings. The molecule has 1 heterocycles. The molecule has 1 aliphatic carbocycles. The Morgan fingerprint density at radius 1 is 1.20 bits per heavy atom. The molecular weight excluding hydrogens is 268 g/mol. The van der Waals surface area contributed by atoms with E-state index in [9.17, 15) is 0 Å². The molecule has 0 bridgehead atoms. The summed E-state index contributed by atoms with van der Waals surface area (Å²) in [6.07, 6.45) is 3.92. The molecule has 3 heteroatoms. The predicted octanol–water partition coefficient (Wildman–Crippen LogP) is 4.07. The Morgan fingerprint density at radius 2 is 2.00 bits per heavy atom. The van der Waals surface area contributed by atoms with Crippen LogP contribution in [0, 0.1) is 11.8 Å². The molecule has 0 aromatic heterocycles. The third-order valence-electron chi connectivity index (χ3n) is 4.89. The molecule has 1 aliphatic heterocycles. The number of rotatable bonds is 4. The Morgan fingerprint density at radius 3 is 2.65 bits per heavy atom. The summed E-state index contributed by atoms with van der Waals surface area (Å²) in [6, 6.07) is 7.30. The minimum absolute atomic E-state index is 0.732. The monoisotopic (exact) mass is 292 g/mol. The van der Waals surface area contributed by atoms with E-state index in [-0.39, 0.29) is 0 Å². The molecular formula is C17H25ClN2. The molecule has 0 amide bonds. The normalized spacial score (nSPS) is 26.9. The summed E-state index contributed by atoms with van der Waals surface area (Å²) < 4.78 is 0. The van der Waals surface area contributed by atoms with Gasteiger partial charge in [-0.3, -0.25) is 0 Å². The van der Waals surface area contributed by atoms with Gasteiger partial charge in [0.25, 0.3) is 0 Å². The van der Waals surface area contributed by atoms with Crippen molar-refractivity contribution in [2.45, 2.75) is 45.7 Å². The second kappa shape index (κ2) is 5.95. The highest BCUT2D eigenvalue weighted by atomic mass is 35.5. The van der Waals surface area contributed by atoms with E-state index in [4.69, 9.17) is 11.6 Å². The van der Waals surface area contributed by atoms with Crippen LogP contribution in [0.5, 0.6) is 0 Å². The van der Waals surface area contributed by atoms with Gasteiger partial charge in [-0.25, -0.2) is 0 Å². The van der Waals surface area contributed by atoms with E-state index in [2.05, 4.69) is 42.3 Å². The number of hydrogen-bond donors (Lipinski definition) is 1. The SMILES string of the molecule is CC1CCN(c2ccc(CNC3CC3)c(Cl)c2)CC1C. The molecule has 2 aliphatic rings. The van der Waals surface area contributed by atoms with Gasteiger partial charge in [-0.1, -0.05) is 31.5 Å². The van der Waals surface area contributed by atoms with E-state index in [0.717, 1.165) is 42.5 Å². The Balaban J connectivity index is 1.66. The first kappa shape index (κ1) is 14.2. The van der Waals surface area contributed by atoms with Gasteiger partial charge in [0.1, 0.15) is 0 Å². The molecule has 20 heavy (non-hydrogen) atoms. The van der Waals surface area contributed by atoms with Crippen molar-refractivity contribution >= 4 is 17.3 Å². The van der Waals surface area contributed by atoms with Crippen molar-refractivity contribution in [3.8, 4) is 0 Å². The van der Waals surface area contributed by atoms with Crippen LogP contribution >= 0.6 is 11.6 Å². The maximum atomic E-state index is 6.45. The maximum absolute atomic E-state index is 6.45. The summed E-state index contributed by atoms with van der Waals surface area (Å²) in [4.78, 5) is 2.48. The minimum atomic E-state index is 0.732. The third-order valence-corrected chi connectivity index (χ3v) is 5.25. The number of nitrogens with one attached hydrogen (secondary N) is 1. The fourth-order valence-electron chi connectivity index (χ4n) is 2.92. The number of halogens is 1. The maximum Gasteiger partial charge on any atom is 0.0471 e. The topological polar surface area (TPSA) is 15.3 Å². The summed E-state index contributed by atoms with van der Waals surface area (Å²) in [5, 5.41) is 4.43. The van der Waals surface area contributed by atoms with Crippen molar-refractivity contribution in [1.29, 1.82) is 0 Å². The van der Waals surface area contributed by atoms with Gasteiger partial charge >= 0.3 is 0 Å². The summed E-state index contributed by atoms with van der Waals surface area (Å²) >= 11 is 6.45. The van der Waals surface area contributed by atoms with Gasteiger partial charge < -0.3 is 10.2 Å². The molecule has 2 fully saturated rings. The van der Waals surface area contributed by atoms with Crippen molar-refractivity contribution in [2.24, 2.45) is 11.8 Å². The van der Waals surface area contributed by atoms with E-state index >= 15 is 0 Å². The second-order valence-electron chi connectivity index (χ2n) is 6.62. The van der Waals surface area contributed by atoms with E-state index in [1.807, 2.05) is 0 Å². The number of hydrogen-bond acceptors (Lipinski definition) is 2. The highest BCUT2D eigenvalue weighted by Gasteiger charge is 2.23. The van der Waals surface area contributed by atoms with E-state index < -0.39 is 0 Å². The van der Waals surface area contributed by atoms with Crippen molar-refractivity contribution < 1.29 is 0 Å². The zero-order valence-electron chi connectivity index (χ0n) is 12.5. The molecule has 1 aromatic carbocycles. The molecule has 110 valence electrons. The summed E-state index contributed by atoms with van der Waals surface area (Å²) in [5.74, 6) is 1.60. The number of nitrogens with zero attached hydrogens (tertiary/aromatic N) is 1. The Bertz CT molecular complexity index is 470. The lowest BCUT2D eigenvalue weighted by molar-refractivity contribution is 0.324. The summed E-state index contributed by atoms with van der Waals surface area (Å²) in [6.45, 7) is 7.92. The standard InChI is InChI=1S/C17H25ClN2/c1-12-7-8-20(11-13(12)2)16-6-3-14(17(18)9-16)10-19-15-4-5-15/h3,6,9,12-13,15,19H,4-5,7-8,10-11H2,1-2H3. The first-order valence-electron chi connectivity index (χ1n) is 7.90. The summed E-state index contributed by atoms with van der Waals surface area (Å²) in [7, 11) is 0. The van der Waals surface area contributed by atoms with Crippen LogP contribution in [0.1, 0.15) is 38.7 Å². The zero-order valence-corrected chi connectivity index (χ0v) is 13.3. The largest absolute Gasteiger partial charge is 0.371 e. The van der Waals surface area contributed by atoms with E-state index in [1.54, 1.807) is 0 Å². The van der Waals surface area contributed by atoms with E-state index in [1.165, 1.54) is 30.5 Å². The number of anilines is 1. The highest BCUT2D eigenvalue weighted by molar-refractivity contribution is 6.31. The van der Waals surface area contributed by atoms with Gasteiger partial charge in [0, 0.05) is 36.4 Å². The predicted molar refractivity (Wildman–Crippen MR) is 86.5 cm³/mol. The van der Waals surface area contributed by atoms with Crippen molar-refractivity contribution in [3.05, 3.63) is 28.8 Å². The van der Waals surface area contributed by atoms with Crippen LogP contribution in [-0.4, -0.2) is 19.1 Å². The van der Waals surface area contributed by atoms with Gasteiger partial charge in [-0.15, -0.1) is 0 Å². The van der Waals surface area contributed by atoms with Crippen molar-refractivity contribution in [3.63, 3.8) is 0 Å². The van der Waals surface area contributed by atoms with Crippen molar-refractivity contribution in [1.82, 2.24) is 5.32 Å². The average molecular weight is 293 g/mol. The first-order valence-corrected chi connectivity index (χ1v) is 8.28. The number of piperidine rings is 1. The molecule has 3 rings (SSSR count).